The number of benzene rings is 4. The molecule has 0 unspecified atom stereocenters. The van der Waals surface area contributed by atoms with Gasteiger partial charge < -0.3 is 15.4 Å². The zero-order valence-corrected chi connectivity index (χ0v) is 23.2. The molecule has 0 bridgehead atoms. The summed E-state index contributed by atoms with van der Waals surface area (Å²) in [5.41, 5.74) is 3.55. The average Bonchev–Trinajstić information content (AvgIpc) is 3.34. The van der Waals surface area contributed by atoms with Crippen LogP contribution in [0, 0.1) is 0 Å². The second kappa shape index (κ2) is 12.9. The third-order valence-electron chi connectivity index (χ3n) is 5.83. The zero-order valence-electron chi connectivity index (χ0n) is 21.7. The molecule has 0 atom stereocenters. The molecule has 1 aromatic heterocycles. The summed E-state index contributed by atoms with van der Waals surface area (Å²) >= 11 is 7.61. The number of hydrogen-bond acceptors (Lipinski definition) is 7. The van der Waals surface area contributed by atoms with Gasteiger partial charge in [-0.15, -0.1) is 11.3 Å². The minimum absolute atomic E-state index is 0.156. The Balaban J connectivity index is 1.18. The lowest BCUT2D eigenvalue weighted by molar-refractivity contribution is -0.136. The standard InChI is InChI=1S/C31H21ClN4O5S/c32-26-23-14-5-7-16-25(23)42-27(26)31(40)41-21-12-8-9-19(17-21)18-33-36-30(39)29(38)35-24-15-6-4-13-22(24)28(37)34-20-10-2-1-3-11-20/h1-18H,(H,34,37)(H,35,38)(H,36,39). The number of thiophene rings is 1. The second-order valence-electron chi connectivity index (χ2n) is 8.72. The van der Waals surface area contributed by atoms with Crippen molar-refractivity contribution in [3.63, 3.8) is 0 Å². The largest absolute Gasteiger partial charge is 0.422 e. The van der Waals surface area contributed by atoms with Gasteiger partial charge in [-0.3, -0.25) is 14.4 Å². The molecule has 0 aliphatic heterocycles. The van der Waals surface area contributed by atoms with E-state index in [4.69, 9.17) is 16.3 Å². The van der Waals surface area contributed by atoms with Crippen LogP contribution >= 0.6 is 22.9 Å². The second-order valence-corrected chi connectivity index (χ2v) is 10.2. The fraction of sp³-hybridized carbons (Fsp3) is 0. The van der Waals surface area contributed by atoms with Crippen molar-refractivity contribution in [2.24, 2.45) is 5.10 Å². The van der Waals surface area contributed by atoms with Crippen molar-refractivity contribution in [3.05, 3.63) is 124 Å². The molecule has 9 nitrogen and oxygen atoms in total. The molecule has 4 aromatic carbocycles. The summed E-state index contributed by atoms with van der Waals surface area (Å²) in [5, 5.41) is 10.1. The van der Waals surface area contributed by atoms with Crippen molar-refractivity contribution >= 4 is 74.3 Å². The monoisotopic (exact) mass is 596 g/mol. The molecule has 5 aromatic rings. The number of hydrazone groups is 1. The predicted octanol–water partition coefficient (Wildman–Crippen LogP) is 6.12. The number of halogens is 1. The summed E-state index contributed by atoms with van der Waals surface area (Å²) in [4.78, 5) is 50.6. The normalized spacial score (nSPS) is 10.8. The number of esters is 1. The fourth-order valence-electron chi connectivity index (χ4n) is 3.86. The van der Waals surface area contributed by atoms with Gasteiger partial charge in [-0.25, -0.2) is 10.2 Å². The van der Waals surface area contributed by atoms with Gasteiger partial charge in [0, 0.05) is 15.8 Å². The minimum Gasteiger partial charge on any atom is -0.422 e. The van der Waals surface area contributed by atoms with Crippen molar-refractivity contribution in [1.29, 1.82) is 0 Å². The number of carbonyl (C=O) groups excluding carboxylic acids is 4. The maximum absolute atomic E-state index is 12.7. The molecule has 0 aliphatic carbocycles. The summed E-state index contributed by atoms with van der Waals surface area (Å²) in [5.74, 6) is -2.88. The lowest BCUT2D eigenvalue weighted by Gasteiger charge is -2.11. The van der Waals surface area contributed by atoms with E-state index in [-0.39, 0.29) is 21.9 Å². The summed E-state index contributed by atoms with van der Waals surface area (Å²) in [6.07, 6.45) is 1.29. The molecule has 0 fully saturated rings. The third kappa shape index (κ3) is 6.69. The van der Waals surface area contributed by atoms with E-state index in [0.29, 0.717) is 16.3 Å². The lowest BCUT2D eigenvalue weighted by atomic mass is 10.1. The van der Waals surface area contributed by atoms with Crippen LogP contribution in [0.4, 0.5) is 11.4 Å². The number of rotatable bonds is 7. The van der Waals surface area contributed by atoms with Gasteiger partial charge in [-0.05, 0) is 48.0 Å². The molecule has 3 N–H and O–H groups in total. The Labute approximate surface area is 248 Å². The van der Waals surface area contributed by atoms with Crippen molar-refractivity contribution in [3.8, 4) is 5.75 Å². The van der Waals surface area contributed by atoms with Gasteiger partial charge in [0.25, 0.3) is 5.91 Å². The van der Waals surface area contributed by atoms with Crippen molar-refractivity contribution in [1.82, 2.24) is 5.43 Å². The van der Waals surface area contributed by atoms with Crippen LogP contribution in [0.5, 0.6) is 5.75 Å². The number of para-hydroxylation sites is 2. The smallest absolute Gasteiger partial charge is 0.355 e. The Morgan fingerprint density at radius 2 is 1.52 bits per heavy atom. The van der Waals surface area contributed by atoms with Gasteiger partial charge in [-0.1, -0.05) is 72.3 Å². The summed E-state index contributed by atoms with van der Waals surface area (Å²) in [7, 11) is 0. The van der Waals surface area contributed by atoms with Gasteiger partial charge >= 0.3 is 17.8 Å². The van der Waals surface area contributed by atoms with Crippen LogP contribution in [0.1, 0.15) is 25.6 Å². The minimum atomic E-state index is -1.05. The molecule has 1 heterocycles. The van der Waals surface area contributed by atoms with Gasteiger partial charge in [-0.2, -0.15) is 5.10 Å². The highest BCUT2D eigenvalue weighted by atomic mass is 35.5. The van der Waals surface area contributed by atoms with Crippen LogP contribution in [0.2, 0.25) is 5.02 Å². The van der Waals surface area contributed by atoms with Gasteiger partial charge in [0.2, 0.25) is 0 Å². The van der Waals surface area contributed by atoms with Gasteiger partial charge in [0.05, 0.1) is 22.5 Å². The Morgan fingerprint density at radius 1 is 0.786 bits per heavy atom. The molecule has 42 heavy (non-hydrogen) atoms. The number of ether oxygens (including phenoxy) is 1. The Bertz CT molecular complexity index is 1840. The summed E-state index contributed by atoms with van der Waals surface area (Å²) < 4.78 is 6.36. The molecule has 0 saturated carbocycles. The molecule has 0 aliphatic rings. The summed E-state index contributed by atoms with van der Waals surface area (Å²) in [6.45, 7) is 0. The highest BCUT2D eigenvalue weighted by Gasteiger charge is 2.20. The van der Waals surface area contributed by atoms with E-state index < -0.39 is 23.7 Å². The highest BCUT2D eigenvalue weighted by molar-refractivity contribution is 7.21. The first-order valence-corrected chi connectivity index (χ1v) is 13.7. The van der Waals surface area contributed by atoms with Crippen LogP contribution in [0.3, 0.4) is 0 Å². The first-order chi connectivity index (χ1) is 20.4. The van der Waals surface area contributed by atoms with Gasteiger partial charge in [0.15, 0.2) is 0 Å². The molecule has 5 rings (SSSR count). The maximum Gasteiger partial charge on any atom is 0.355 e. The SMILES string of the molecule is O=C(NN=Cc1cccc(OC(=O)c2sc3ccccc3c2Cl)c1)C(=O)Nc1ccccc1C(=O)Nc1ccccc1. The first-order valence-electron chi connectivity index (χ1n) is 12.5. The summed E-state index contributed by atoms with van der Waals surface area (Å²) in [6, 6.07) is 29.0. The van der Waals surface area contributed by atoms with Crippen molar-refractivity contribution in [2.45, 2.75) is 0 Å². The molecule has 0 saturated heterocycles. The number of hydrogen-bond donors (Lipinski definition) is 3. The van der Waals surface area contributed by atoms with Crippen LogP contribution < -0.4 is 20.8 Å². The molecule has 208 valence electrons. The molecular formula is C31H21ClN4O5S. The maximum atomic E-state index is 12.7. The van der Waals surface area contributed by atoms with Crippen molar-refractivity contribution < 1.29 is 23.9 Å². The Kier molecular flexibility index (Phi) is 8.67. The first kappa shape index (κ1) is 28.2. The van der Waals surface area contributed by atoms with E-state index in [2.05, 4.69) is 21.2 Å². The number of amides is 3. The number of anilines is 2. The predicted molar refractivity (Wildman–Crippen MR) is 163 cm³/mol. The third-order valence-corrected chi connectivity index (χ3v) is 7.48. The van der Waals surface area contributed by atoms with E-state index in [1.54, 1.807) is 54.6 Å². The van der Waals surface area contributed by atoms with E-state index in [1.165, 1.54) is 35.8 Å². The Hall–Kier alpha value is -5.32. The number of nitrogens with zero attached hydrogens (tertiary/aromatic N) is 1. The molecule has 0 radical (unpaired) electrons. The van der Waals surface area contributed by atoms with Crippen LogP contribution in [-0.4, -0.2) is 29.9 Å². The lowest BCUT2D eigenvalue weighted by Crippen LogP contribution is -2.33. The number of fused-ring (bicyclic) bond motifs is 1. The fourth-order valence-corrected chi connectivity index (χ4v) is 5.25. The highest BCUT2D eigenvalue weighted by Crippen LogP contribution is 2.35. The molecular weight excluding hydrogens is 576 g/mol. The van der Waals surface area contributed by atoms with Crippen molar-refractivity contribution in [2.75, 3.05) is 10.6 Å². The molecule has 3 amide bonds. The average molecular weight is 597 g/mol. The Morgan fingerprint density at radius 3 is 2.33 bits per heavy atom. The number of carbonyl (C=O) groups is 4. The van der Waals surface area contributed by atoms with E-state index in [0.717, 1.165) is 10.1 Å². The molecule has 0 spiro atoms. The van der Waals surface area contributed by atoms with Gasteiger partial charge in [0.1, 0.15) is 10.6 Å². The van der Waals surface area contributed by atoms with Crippen LogP contribution in [-0.2, 0) is 9.59 Å². The zero-order chi connectivity index (χ0) is 29.5. The van der Waals surface area contributed by atoms with E-state index in [1.807, 2.05) is 30.3 Å². The molecule has 11 heteroatoms. The van der Waals surface area contributed by atoms with E-state index in [9.17, 15) is 19.2 Å². The van der Waals surface area contributed by atoms with Crippen LogP contribution in [0.25, 0.3) is 10.1 Å². The van der Waals surface area contributed by atoms with Crippen LogP contribution in [0.15, 0.2) is 108 Å². The number of nitrogens with one attached hydrogen (secondary N) is 3. The van der Waals surface area contributed by atoms with E-state index >= 15 is 0 Å². The quantitative estimate of drug-likeness (QED) is 0.0686. The topological polar surface area (TPSA) is 126 Å².